The van der Waals surface area contributed by atoms with Gasteiger partial charge >= 0.3 is 0 Å². The zero-order valence-electron chi connectivity index (χ0n) is 23.4. The number of hydrogen-bond acceptors (Lipinski definition) is 7. The number of nitrogens with zero attached hydrogens (tertiary/aromatic N) is 5. The van der Waals surface area contributed by atoms with Crippen molar-refractivity contribution in [3.63, 3.8) is 0 Å². The van der Waals surface area contributed by atoms with Crippen molar-refractivity contribution in [3.8, 4) is 45.8 Å². The minimum absolute atomic E-state index is 0.461. The van der Waals surface area contributed by atoms with Crippen LogP contribution >= 0.6 is 31.9 Å². The molecule has 0 saturated carbocycles. The molecule has 0 spiro atoms. The summed E-state index contributed by atoms with van der Waals surface area (Å²) in [6.07, 6.45) is 0. The van der Waals surface area contributed by atoms with E-state index in [1.54, 1.807) is 0 Å². The van der Waals surface area contributed by atoms with Crippen LogP contribution in [0.4, 0.5) is 17.1 Å². The molecule has 0 saturated heterocycles. The smallest absolute Gasteiger partial charge is 0.248 e. The normalized spacial score (nSPS) is 11.1. The largest absolute Gasteiger partial charge is 0.416 e. The molecule has 0 radical (unpaired) electrons. The lowest BCUT2D eigenvalue weighted by Gasteiger charge is -2.25. The SMILES string of the molecule is Cc1ccc(N(c2ccc(-c3nnc(-c4ccc(Br)cc4)o3)cc2)c2ccc(-c3nnc(-c4ccc(Br)cc4)o3)cc2)cc1. The molecule has 2 aromatic heterocycles. The summed E-state index contributed by atoms with van der Waals surface area (Å²) in [7, 11) is 0. The van der Waals surface area contributed by atoms with E-state index in [-0.39, 0.29) is 0 Å². The van der Waals surface area contributed by atoms with Crippen LogP contribution in [-0.2, 0) is 0 Å². The maximum atomic E-state index is 6.00. The first-order valence-corrected chi connectivity index (χ1v) is 15.4. The van der Waals surface area contributed by atoms with E-state index in [1.165, 1.54) is 5.56 Å². The Morgan fingerprint density at radius 2 is 0.682 bits per heavy atom. The van der Waals surface area contributed by atoms with Gasteiger partial charge in [0.2, 0.25) is 23.6 Å². The Labute approximate surface area is 270 Å². The predicted molar refractivity (Wildman–Crippen MR) is 179 cm³/mol. The molecule has 0 aliphatic rings. The second kappa shape index (κ2) is 12.0. The van der Waals surface area contributed by atoms with Gasteiger partial charge in [0.15, 0.2) is 0 Å². The van der Waals surface area contributed by atoms with Crippen LogP contribution in [0.2, 0.25) is 0 Å². The van der Waals surface area contributed by atoms with Crippen LogP contribution in [-0.4, -0.2) is 20.4 Å². The average molecular weight is 705 g/mol. The van der Waals surface area contributed by atoms with Gasteiger partial charge in [-0.2, -0.15) is 0 Å². The summed E-state index contributed by atoms with van der Waals surface area (Å²) in [5.41, 5.74) is 7.58. The molecule has 0 aliphatic heterocycles. The zero-order valence-corrected chi connectivity index (χ0v) is 26.5. The highest BCUT2D eigenvalue weighted by Gasteiger charge is 2.16. The number of rotatable bonds is 7. The fraction of sp³-hybridized carbons (Fsp3) is 0.0286. The Morgan fingerprint density at radius 1 is 0.409 bits per heavy atom. The summed E-state index contributed by atoms with van der Waals surface area (Å²) in [5, 5.41) is 17.1. The van der Waals surface area contributed by atoms with Crippen molar-refractivity contribution in [1.29, 1.82) is 0 Å². The molecular weight excluding hydrogens is 682 g/mol. The second-order valence-corrected chi connectivity index (χ2v) is 11.9. The van der Waals surface area contributed by atoms with Gasteiger partial charge in [-0.05, 0) is 116 Å². The van der Waals surface area contributed by atoms with E-state index in [0.717, 1.165) is 48.3 Å². The first-order chi connectivity index (χ1) is 21.5. The van der Waals surface area contributed by atoms with Crippen LogP contribution in [0, 0.1) is 6.92 Å². The molecule has 0 aliphatic carbocycles. The van der Waals surface area contributed by atoms with Gasteiger partial charge in [0.05, 0.1) is 0 Å². The van der Waals surface area contributed by atoms with Gasteiger partial charge in [0, 0.05) is 48.3 Å². The summed E-state index contributed by atoms with van der Waals surface area (Å²) >= 11 is 6.92. The molecule has 5 aromatic carbocycles. The van der Waals surface area contributed by atoms with Gasteiger partial charge in [-0.3, -0.25) is 0 Å². The third-order valence-corrected chi connectivity index (χ3v) is 8.13. The van der Waals surface area contributed by atoms with Crippen molar-refractivity contribution in [2.45, 2.75) is 6.92 Å². The topological polar surface area (TPSA) is 81.1 Å². The van der Waals surface area contributed by atoms with Gasteiger partial charge in [0.1, 0.15) is 0 Å². The van der Waals surface area contributed by atoms with Crippen molar-refractivity contribution >= 4 is 48.9 Å². The molecule has 0 amide bonds. The van der Waals surface area contributed by atoms with E-state index in [0.29, 0.717) is 23.6 Å². The Bertz CT molecular complexity index is 1890. The van der Waals surface area contributed by atoms with Crippen molar-refractivity contribution < 1.29 is 8.83 Å². The first-order valence-electron chi connectivity index (χ1n) is 13.8. The molecule has 44 heavy (non-hydrogen) atoms. The number of hydrogen-bond donors (Lipinski definition) is 0. The fourth-order valence-electron chi connectivity index (χ4n) is 4.75. The van der Waals surface area contributed by atoms with Gasteiger partial charge in [0.25, 0.3) is 0 Å². The monoisotopic (exact) mass is 703 g/mol. The van der Waals surface area contributed by atoms with E-state index >= 15 is 0 Å². The maximum absolute atomic E-state index is 6.00. The molecule has 7 nitrogen and oxygen atoms in total. The molecule has 0 unspecified atom stereocenters. The molecule has 9 heteroatoms. The van der Waals surface area contributed by atoms with E-state index in [1.807, 2.05) is 72.8 Å². The van der Waals surface area contributed by atoms with E-state index in [2.05, 4.69) is 113 Å². The van der Waals surface area contributed by atoms with E-state index < -0.39 is 0 Å². The summed E-state index contributed by atoms with van der Waals surface area (Å²) < 4.78 is 14.0. The van der Waals surface area contributed by atoms with Crippen molar-refractivity contribution in [2.24, 2.45) is 0 Å². The maximum Gasteiger partial charge on any atom is 0.248 e. The number of halogens is 2. The molecule has 214 valence electrons. The van der Waals surface area contributed by atoms with Crippen LogP contribution in [0.1, 0.15) is 5.56 Å². The Balaban J connectivity index is 1.17. The molecular formula is C35H23Br2N5O2. The molecule has 0 N–H and O–H groups in total. The first kappa shape index (κ1) is 27.9. The number of aryl methyl sites for hydroxylation is 1. The lowest BCUT2D eigenvalue weighted by Crippen LogP contribution is -2.09. The lowest BCUT2D eigenvalue weighted by molar-refractivity contribution is 0.584. The minimum Gasteiger partial charge on any atom is -0.416 e. The number of benzene rings is 5. The quantitative estimate of drug-likeness (QED) is 0.163. The summed E-state index contributed by atoms with van der Waals surface area (Å²) in [5.74, 6) is 1.87. The number of aromatic nitrogens is 4. The van der Waals surface area contributed by atoms with Crippen LogP contribution in [0.3, 0.4) is 0 Å². The minimum atomic E-state index is 0.461. The fourth-order valence-corrected chi connectivity index (χ4v) is 5.27. The molecule has 0 fully saturated rings. The Hall–Kier alpha value is -4.86. The molecule has 7 rings (SSSR count). The van der Waals surface area contributed by atoms with Crippen LogP contribution in [0.25, 0.3) is 45.8 Å². The van der Waals surface area contributed by atoms with Gasteiger partial charge in [-0.1, -0.05) is 49.6 Å². The van der Waals surface area contributed by atoms with E-state index in [9.17, 15) is 0 Å². The van der Waals surface area contributed by atoms with Crippen LogP contribution in [0.5, 0.6) is 0 Å². The van der Waals surface area contributed by atoms with Gasteiger partial charge in [-0.15, -0.1) is 20.4 Å². The third kappa shape index (κ3) is 5.84. The average Bonchev–Trinajstić information content (AvgIpc) is 3.75. The van der Waals surface area contributed by atoms with Gasteiger partial charge in [-0.25, -0.2) is 0 Å². The summed E-state index contributed by atoms with van der Waals surface area (Å²) in [6, 6.07) is 40.2. The summed E-state index contributed by atoms with van der Waals surface area (Å²) in [4.78, 5) is 2.19. The standard InChI is InChI=1S/C35H23Br2N5O2/c1-22-2-16-29(17-3-22)42(30-18-8-25(9-19-30)34-40-38-32(43-34)23-4-12-27(36)13-5-23)31-20-10-26(11-21-31)35-41-39-33(44-35)24-6-14-28(37)15-7-24/h2-21H,1H3. The lowest BCUT2D eigenvalue weighted by atomic mass is 10.1. The highest BCUT2D eigenvalue weighted by molar-refractivity contribution is 9.10. The molecule has 0 atom stereocenters. The Kier molecular flexibility index (Phi) is 7.64. The molecule has 2 heterocycles. The third-order valence-electron chi connectivity index (χ3n) is 7.07. The summed E-state index contributed by atoms with van der Waals surface area (Å²) in [6.45, 7) is 2.08. The Morgan fingerprint density at radius 3 is 1.00 bits per heavy atom. The molecule has 0 bridgehead atoms. The van der Waals surface area contributed by atoms with Crippen LogP contribution in [0.15, 0.2) is 139 Å². The second-order valence-electron chi connectivity index (χ2n) is 10.1. The molecule has 7 aromatic rings. The highest BCUT2D eigenvalue weighted by Crippen LogP contribution is 2.37. The van der Waals surface area contributed by atoms with Crippen molar-refractivity contribution in [1.82, 2.24) is 20.4 Å². The zero-order chi connectivity index (χ0) is 30.0. The van der Waals surface area contributed by atoms with Crippen molar-refractivity contribution in [3.05, 3.63) is 136 Å². The number of anilines is 3. The van der Waals surface area contributed by atoms with Crippen molar-refractivity contribution in [2.75, 3.05) is 4.90 Å². The van der Waals surface area contributed by atoms with E-state index in [4.69, 9.17) is 8.83 Å². The van der Waals surface area contributed by atoms with Crippen LogP contribution < -0.4 is 4.90 Å². The highest BCUT2D eigenvalue weighted by atomic mass is 79.9. The predicted octanol–water partition coefficient (Wildman–Crippen LogP) is 10.4. The van der Waals surface area contributed by atoms with Gasteiger partial charge < -0.3 is 13.7 Å².